The standard InChI is InChI=1S/C11H8FNO2/c12-9-4-2-1-3-7(9)5-8-6-10(14)13-11(8)15/h1-5H,6H2,(H,13,14,15)/b8-5+. The highest BCUT2D eigenvalue weighted by molar-refractivity contribution is 6.15. The molecule has 1 saturated heterocycles. The summed E-state index contributed by atoms with van der Waals surface area (Å²) in [6.45, 7) is 0. The highest BCUT2D eigenvalue weighted by Gasteiger charge is 2.23. The molecule has 1 N–H and O–H groups in total. The Labute approximate surface area is 85.6 Å². The van der Waals surface area contributed by atoms with Crippen LogP contribution < -0.4 is 5.32 Å². The largest absolute Gasteiger partial charge is 0.292 e. The van der Waals surface area contributed by atoms with E-state index >= 15 is 0 Å². The summed E-state index contributed by atoms with van der Waals surface area (Å²) in [6, 6.07) is 6.10. The van der Waals surface area contributed by atoms with Gasteiger partial charge in [0, 0.05) is 11.1 Å². The van der Waals surface area contributed by atoms with E-state index in [2.05, 4.69) is 5.32 Å². The van der Waals surface area contributed by atoms with E-state index in [9.17, 15) is 14.0 Å². The summed E-state index contributed by atoms with van der Waals surface area (Å²) in [7, 11) is 0. The highest BCUT2D eigenvalue weighted by atomic mass is 19.1. The lowest BCUT2D eigenvalue weighted by Gasteiger charge is -1.96. The van der Waals surface area contributed by atoms with Gasteiger partial charge in [0.25, 0.3) is 5.91 Å². The SMILES string of the molecule is O=C1C/C(=C\c2ccccc2F)C(=O)N1. The van der Waals surface area contributed by atoms with Gasteiger partial charge in [0.05, 0.1) is 6.42 Å². The fourth-order valence-electron chi connectivity index (χ4n) is 1.40. The number of halogens is 1. The summed E-state index contributed by atoms with van der Waals surface area (Å²) in [5.74, 6) is -1.19. The molecule has 4 heteroatoms. The molecule has 0 spiro atoms. The lowest BCUT2D eigenvalue weighted by molar-refractivity contribution is -0.124. The zero-order valence-electron chi connectivity index (χ0n) is 7.79. The number of nitrogens with one attached hydrogen (secondary N) is 1. The molecule has 1 aliphatic heterocycles. The van der Waals surface area contributed by atoms with Gasteiger partial charge in [-0.05, 0) is 12.1 Å². The fraction of sp³-hybridized carbons (Fsp3) is 0.0909. The Balaban J connectivity index is 2.35. The van der Waals surface area contributed by atoms with Gasteiger partial charge in [-0.15, -0.1) is 0 Å². The molecule has 2 rings (SSSR count). The molecule has 0 aliphatic carbocycles. The van der Waals surface area contributed by atoms with Gasteiger partial charge in [-0.2, -0.15) is 0 Å². The predicted octanol–water partition coefficient (Wildman–Crippen LogP) is 1.26. The van der Waals surface area contributed by atoms with Crippen LogP contribution in [0.4, 0.5) is 4.39 Å². The first-order chi connectivity index (χ1) is 7.16. The molecular formula is C11H8FNO2. The average molecular weight is 205 g/mol. The first-order valence-corrected chi connectivity index (χ1v) is 4.46. The Morgan fingerprint density at radius 3 is 2.60 bits per heavy atom. The van der Waals surface area contributed by atoms with Crippen molar-refractivity contribution < 1.29 is 14.0 Å². The van der Waals surface area contributed by atoms with E-state index in [-0.39, 0.29) is 12.3 Å². The van der Waals surface area contributed by atoms with Gasteiger partial charge in [-0.1, -0.05) is 18.2 Å². The molecule has 0 radical (unpaired) electrons. The third-order valence-electron chi connectivity index (χ3n) is 2.13. The Hall–Kier alpha value is -1.97. The number of carbonyl (C=O) groups is 2. The molecule has 3 nitrogen and oxygen atoms in total. The van der Waals surface area contributed by atoms with Crippen molar-refractivity contribution in [2.75, 3.05) is 0 Å². The number of hydrogen-bond acceptors (Lipinski definition) is 2. The lowest BCUT2D eigenvalue weighted by Crippen LogP contribution is -2.19. The zero-order chi connectivity index (χ0) is 10.8. The number of amides is 2. The third-order valence-corrected chi connectivity index (χ3v) is 2.13. The van der Waals surface area contributed by atoms with Crippen LogP contribution in [-0.2, 0) is 9.59 Å². The maximum absolute atomic E-state index is 13.2. The second-order valence-electron chi connectivity index (χ2n) is 3.25. The van der Waals surface area contributed by atoms with Crippen molar-refractivity contribution in [3.63, 3.8) is 0 Å². The van der Waals surface area contributed by atoms with Gasteiger partial charge >= 0.3 is 0 Å². The first kappa shape index (κ1) is 9.58. The molecule has 0 aromatic heterocycles. The van der Waals surface area contributed by atoms with Gasteiger partial charge in [-0.25, -0.2) is 4.39 Å². The number of benzene rings is 1. The maximum Gasteiger partial charge on any atom is 0.254 e. The minimum atomic E-state index is -0.441. The van der Waals surface area contributed by atoms with Crippen LogP contribution in [0.1, 0.15) is 12.0 Å². The normalized spacial score (nSPS) is 18.3. The number of imide groups is 1. The van der Waals surface area contributed by atoms with Crippen LogP contribution in [0.15, 0.2) is 29.8 Å². The maximum atomic E-state index is 13.2. The zero-order valence-corrected chi connectivity index (χ0v) is 7.79. The van der Waals surface area contributed by atoms with Crippen molar-refractivity contribution in [1.82, 2.24) is 5.32 Å². The van der Waals surface area contributed by atoms with Crippen LogP contribution >= 0.6 is 0 Å². The van der Waals surface area contributed by atoms with Crippen molar-refractivity contribution in [1.29, 1.82) is 0 Å². The molecule has 15 heavy (non-hydrogen) atoms. The Morgan fingerprint density at radius 1 is 1.27 bits per heavy atom. The molecule has 0 atom stereocenters. The van der Waals surface area contributed by atoms with Crippen LogP contribution in [0, 0.1) is 5.82 Å². The summed E-state index contributed by atoms with van der Waals surface area (Å²) >= 11 is 0. The minimum absolute atomic E-state index is 0.0210. The quantitative estimate of drug-likeness (QED) is 0.554. The van der Waals surface area contributed by atoms with Gasteiger partial charge in [0.1, 0.15) is 5.82 Å². The topological polar surface area (TPSA) is 46.2 Å². The second-order valence-corrected chi connectivity index (χ2v) is 3.25. The smallest absolute Gasteiger partial charge is 0.254 e. The van der Waals surface area contributed by atoms with Gasteiger partial charge in [0.2, 0.25) is 5.91 Å². The Bertz CT molecular complexity index is 465. The molecule has 0 bridgehead atoms. The van der Waals surface area contributed by atoms with Crippen LogP contribution in [0.3, 0.4) is 0 Å². The van der Waals surface area contributed by atoms with Crippen LogP contribution in [-0.4, -0.2) is 11.8 Å². The Morgan fingerprint density at radius 2 is 2.00 bits per heavy atom. The second kappa shape index (κ2) is 3.65. The highest BCUT2D eigenvalue weighted by Crippen LogP contribution is 2.16. The van der Waals surface area contributed by atoms with E-state index in [1.54, 1.807) is 18.2 Å². The third kappa shape index (κ3) is 1.93. The molecule has 0 saturated carbocycles. The Kier molecular flexibility index (Phi) is 2.33. The van der Waals surface area contributed by atoms with Crippen molar-refractivity contribution in [3.8, 4) is 0 Å². The lowest BCUT2D eigenvalue weighted by atomic mass is 10.1. The average Bonchev–Trinajstić information content (AvgIpc) is 2.49. The summed E-state index contributed by atoms with van der Waals surface area (Å²) in [4.78, 5) is 22.1. The van der Waals surface area contributed by atoms with Crippen molar-refractivity contribution in [2.45, 2.75) is 6.42 Å². The molecule has 1 heterocycles. The van der Waals surface area contributed by atoms with E-state index in [0.29, 0.717) is 11.1 Å². The summed E-state index contributed by atoms with van der Waals surface area (Å²) in [5.41, 5.74) is 0.613. The van der Waals surface area contributed by atoms with Crippen LogP contribution in [0.2, 0.25) is 0 Å². The van der Waals surface area contributed by atoms with Crippen molar-refractivity contribution in [3.05, 3.63) is 41.2 Å². The van der Waals surface area contributed by atoms with Crippen LogP contribution in [0.25, 0.3) is 6.08 Å². The monoisotopic (exact) mass is 205 g/mol. The molecule has 1 aromatic rings. The molecule has 76 valence electrons. The van der Waals surface area contributed by atoms with E-state index in [0.717, 1.165) is 0 Å². The molecule has 1 aliphatic rings. The fourth-order valence-corrected chi connectivity index (χ4v) is 1.40. The van der Waals surface area contributed by atoms with Gasteiger partial charge in [0.15, 0.2) is 0 Å². The minimum Gasteiger partial charge on any atom is -0.292 e. The molecule has 0 unspecified atom stereocenters. The first-order valence-electron chi connectivity index (χ1n) is 4.46. The van der Waals surface area contributed by atoms with Gasteiger partial charge in [-0.3, -0.25) is 14.9 Å². The predicted molar refractivity (Wildman–Crippen MR) is 52.1 cm³/mol. The summed E-state index contributed by atoms with van der Waals surface area (Å²) in [6.07, 6.45) is 1.42. The van der Waals surface area contributed by atoms with E-state index < -0.39 is 11.7 Å². The van der Waals surface area contributed by atoms with E-state index in [4.69, 9.17) is 0 Å². The summed E-state index contributed by atoms with van der Waals surface area (Å²) in [5, 5.41) is 2.14. The molecule has 1 aromatic carbocycles. The van der Waals surface area contributed by atoms with Crippen molar-refractivity contribution in [2.24, 2.45) is 0 Å². The van der Waals surface area contributed by atoms with Crippen molar-refractivity contribution >= 4 is 17.9 Å². The number of rotatable bonds is 1. The molecule has 2 amide bonds. The van der Waals surface area contributed by atoms with E-state index in [1.807, 2.05) is 0 Å². The van der Waals surface area contributed by atoms with E-state index in [1.165, 1.54) is 12.1 Å². The van der Waals surface area contributed by atoms with Gasteiger partial charge < -0.3 is 0 Å². The summed E-state index contributed by atoms with van der Waals surface area (Å²) < 4.78 is 13.2. The van der Waals surface area contributed by atoms with Crippen LogP contribution in [0.5, 0.6) is 0 Å². The molecule has 1 fully saturated rings. The number of hydrogen-bond donors (Lipinski definition) is 1. The molecular weight excluding hydrogens is 197 g/mol. The number of carbonyl (C=O) groups excluding carboxylic acids is 2.